The van der Waals surface area contributed by atoms with Crippen molar-refractivity contribution in [2.75, 3.05) is 6.54 Å². The Morgan fingerprint density at radius 3 is 2.37 bits per heavy atom. The van der Waals surface area contributed by atoms with Crippen LogP contribution in [0.3, 0.4) is 0 Å². The van der Waals surface area contributed by atoms with Gasteiger partial charge in [0.2, 0.25) is 11.8 Å². The molecule has 3 aliphatic rings. The van der Waals surface area contributed by atoms with Crippen molar-refractivity contribution < 1.29 is 14.4 Å². The summed E-state index contributed by atoms with van der Waals surface area (Å²) < 4.78 is 0. The highest BCUT2D eigenvalue weighted by atomic mass is 16.2. The van der Waals surface area contributed by atoms with Gasteiger partial charge in [0.25, 0.3) is 5.91 Å². The maximum absolute atomic E-state index is 13.8. The summed E-state index contributed by atoms with van der Waals surface area (Å²) in [6.45, 7) is 8.91. The molecule has 3 unspecified atom stereocenters. The van der Waals surface area contributed by atoms with E-state index in [2.05, 4.69) is 27.5 Å². The minimum absolute atomic E-state index is 0.00426. The Balaban J connectivity index is 1.52. The first kappa shape index (κ1) is 25.6. The zero-order valence-electron chi connectivity index (χ0n) is 21.6. The van der Waals surface area contributed by atoms with Crippen molar-refractivity contribution in [2.24, 2.45) is 23.2 Å². The van der Waals surface area contributed by atoms with E-state index < -0.39 is 23.4 Å². The van der Waals surface area contributed by atoms with E-state index in [1.54, 1.807) is 0 Å². The van der Waals surface area contributed by atoms with Crippen LogP contribution < -0.4 is 10.6 Å². The average molecular weight is 484 g/mol. The van der Waals surface area contributed by atoms with Crippen molar-refractivity contribution in [1.82, 2.24) is 25.5 Å². The molecule has 3 amide bonds. The Kier molecular flexibility index (Phi) is 7.77. The fourth-order valence-corrected chi connectivity index (χ4v) is 6.41. The van der Waals surface area contributed by atoms with E-state index in [9.17, 15) is 14.4 Å². The number of aromatic nitrogens is 2. The van der Waals surface area contributed by atoms with Gasteiger partial charge in [0.05, 0.1) is 6.20 Å². The number of rotatable bonds is 6. The second kappa shape index (κ2) is 10.6. The Labute approximate surface area is 209 Å². The summed E-state index contributed by atoms with van der Waals surface area (Å²) in [7, 11) is 0. The lowest BCUT2D eigenvalue weighted by atomic mass is 9.82. The summed E-state index contributed by atoms with van der Waals surface area (Å²) in [5.41, 5.74) is -0.280. The number of carbonyl (C=O) groups is 3. The molecule has 2 N–H and O–H groups in total. The number of nitrogens with zero attached hydrogens (tertiary/aromatic N) is 3. The number of carbonyl (C=O) groups excluding carboxylic acids is 3. The third kappa shape index (κ3) is 5.67. The first-order valence-corrected chi connectivity index (χ1v) is 13.3. The molecular formula is C27H41N5O3. The summed E-state index contributed by atoms with van der Waals surface area (Å²) in [4.78, 5) is 50.5. The van der Waals surface area contributed by atoms with E-state index in [0.29, 0.717) is 11.8 Å². The first-order valence-electron chi connectivity index (χ1n) is 13.3. The molecule has 5 atom stereocenters. The van der Waals surface area contributed by atoms with Gasteiger partial charge in [-0.25, -0.2) is 4.98 Å². The van der Waals surface area contributed by atoms with Gasteiger partial charge in [-0.05, 0) is 55.8 Å². The van der Waals surface area contributed by atoms with Crippen LogP contribution in [-0.4, -0.2) is 57.3 Å². The van der Waals surface area contributed by atoms with Crippen LogP contribution in [0, 0.1) is 23.2 Å². The zero-order chi connectivity index (χ0) is 25.2. The van der Waals surface area contributed by atoms with E-state index in [0.717, 1.165) is 38.6 Å². The highest BCUT2D eigenvalue weighted by Crippen LogP contribution is 2.42. The predicted molar refractivity (Wildman–Crippen MR) is 133 cm³/mol. The van der Waals surface area contributed by atoms with Gasteiger partial charge in [-0.2, -0.15) is 0 Å². The molecule has 35 heavy (non-hydrogen) atoms. The second-order valence-electron chi connectivity index (χ2n) is 11.8. The molecule has 192 valence electrons. The molecule has 8 nitrogen and oxygen atoms in total. The highest BCUT2D eigenvalue weighted by Gasteiger charge is 2.47. The molecule has 1 saturated heterocycles. The van der Waals surface area contributed by atoms with Crippen LogP contribution >= 0.6 is 0 Å². The van der Waals surface area contributed by atoms with Crippen molar-refractivity contribution in [1.29, 1.82) is 0 Å². The van der Waals surface area contributed by atoms with Gasteiger partial charge in [-0.15, -0.1) is 0 Å². The number of hydrogen-bond donors (Lipinski definition) is 2. The Morgan fingerprint density at radius 2 is 1.74 bits per heavy atom. The quantitative estimate of drug-likeness (QED) is 0.646. The van der Waals surface area contributed by atoms with Crippen LogP contribution in [0.4, 0.5) is 0 Å². The maximum Gasteiger partial charge on any atom is 0.272 e. The van der Waals surface area contributed by atoms with E-state index in [1.165, 1.54) is 37.9 Å². The standard InChI is InChI=1S/C27H41N5O3/c1-17-20-12-8-11-19(20)16-32(17)26(35)23(27(2,3)4)31-25(34)22(18-9-6-5-7-10-18)30-24(33)21-15-28-13-14-29-21/h13-15,17-20,22-23H,5-12,16H2,1-4H3,(H,30,33)(H,31,34)/t17-,19?,20?,22+,23?/m1/s1. The molecule has 1 aliphatic heterocycles. The average Bonchev–Trinajstić information content (AvgIpc) is 3.43. The van der Waals surface area contributed by atoms with Crippen LogP contribution in [0.5, 0.6) is 0 Å². The van der Waals surface area contributed by atoms with Crippen LogP contribution in [-0.2, 0) is 9.59 Å². The molecule has 8 heteroatoms. The van der Waals surface area contributed by atoms with Gasteiger partial charge in [0.15, 0.2) is 0 Å². The van der Waals surface area contributed by atoms with E-state index in [-0.39, 0.29) is 29.5 Å². The molecule has 0 aromatic carbocycles. The first-order chi connectivity index (χ1) is 16.7. The molecule has 4 rings (SSSR count). The number of fused-ring (bicyclic) bond motifs is 1. The van der Waals surface area contributed by atoms with E-state index in [4.69, 9.17) is 0 Å². The summed E-state index contributed by atoms with van der Waals surface area (Å²) in [6.07, 6.45) is 12.9. The largest absolute Gasteiger partial charge is 0.342 e. The van der Waals surface area contributed by atoms with Crippen molar-refractivity contribution in [3.05, 3.63) is 24.3 Å². The van der Waals surface area contributed by atoms with Crippen molar-refractivity contribution in [2.45, 2.75) is 97.2 Å². The minimum atomic E-state index is -0.710. The van der Waals surface area contributed by atoms with Gasteiger partial charge in [-0.3, -0.25) is 19.4 Å². The van der Waals surface area contributed by atoms with Crippen LogP contribution in [0.2, 0.25) is 0 Å². The zero-order valence-corrected chi connectivity index (χ0v) is 21.6. The smallest absolute Gasteiger partial charge is 0.272 e. The lowest BCUT2D eigenvalue weighted by Crippen LogP contribution is -2.60. The molecular weight excluding hydrogens is 442 g/mol. The SMILES string of the molecule is C[C@@H]1C2CCCC2CN1C(=O)C(NC(=O)[C@@H](NC(=O)c1cnccn1)C1CCCCC1)C(C)(C)C. The van der Waals surface area contributed by atoms with Gasteiger partial charge in [-0.1, -0.05) is 46.5 Å². The van der Waals surface area contributed by atoms with Crippen LogP contribution in [0.15, 0.2) is 18.6 Å². The van der Waals surface area contributed by atoms with Crippen LogP contribution in [0.25, 0.3) is 0 Å². The van der Waals surface area contributed by atoms with Crippen molar-refractivity contribution in [3.8, 4) is 0 Å². The number of hydrogen-bond acceptors (Lipinski definition) is 5. The minimum Gasteiger partial charge on any atom is -0.342 e. The number of amides is 3. The third-order valence-electron chi connectivity index (χ3n) is 8.43. The Hall–Kier alpha value is -2.51. The third-order valence-corrected chi connectivity index (χ3v) is 8.43. The predicted octanol–water partition coefficient (Wildman–Crippen LogP) is 3.33. The normalized spacial score (nSPS) is 26.6. The van der Waals surface area contributed by atoms with Gasteiger partial charge in [0.1, 0.15) is 17.8 Å². The van der Waals surface area contributed by atoms with Crippen LogP contribution in [0.1, 0.15) is 89.5 Å². The van der Waals surface area contributed by atoms with Crippen molar-refractivity contribution in [3.63, 3.8) is 0 Å². The van der Waals surface area contributed by atoms with E-state index >= 15 is 0 Å². The lowest BCUT2D eigenvalue weighted by Gasteiger charge is -2.37. The van der Waals surface area contributed by atoms with E-state index in [1.807, 2.05) is 25.7 Å². The Bertz CT molecular complexity index is 909. The Morgan fingerprint density at radius 1 is 1.00 bits per heavy atom. The van der Waals surface area contributed by atoms with Gasteiger partial charge < -0.3 is 15.5 Å². The lowest BCUT2D eigenvalue weighted by molar-refractivity contribution is -0.141. The summed E-state index contributed by atoms with van der Waals surface area (Å²) >= 11 is 0. The molecule has 0 spiro atoms. The molecule has 2 aliphatic carbocycles. The summed E-state index contributed by atoms with van der Waals surface area (Å²) in [5.74, 6) is 0.474. The molecule has 2 heterocycles. The summed E-state index contributed by atoms with van der Waals surface area (Å²) in [6, 6.07) is -1.17. The summed E-state index contributed by atoms with van der Waals surface area (Å²) in [5, 5.41) is 6.02. The van der Waals surface area contributed by atoms with Gasteiger partial charge in [0, 0.05) is 25.0 Å². The highest BCUT2D eigenvalue weighted by molar-refractivity contribution is 5.97. The topological polar surface area (TPSA) is 104 Å². The van der Waals surface area contributed by atoms with Crippen molar-refractivity contribution >= 4 is 17.7 Å². The molecule has 2 saturated carbocycles. The van der Waals surface area contributed by atoms with Gasteiger partial charge >= 0.3 is 0 Å². The maximum atomic E-state index is 13.8. The fourth-order valence-electron chi connectivity index (χ4n) is 6.41. The fraction of sp³-hybridized carbons (Fsp3) is 0.741. The molecule has 0 radical (unpaired) electrons. The number of likely N-dealkylation sites (tertiary alicyclic amines) is 1. The second-order valence-corrected chi connectivity index (χ2v) is 11.8. The molecule has 0 bridgehead atoms. The molecule has 3 fully saturated rings. The number of nitrogens with one attached hydrogen (secondary N) is 2. The molecule has 1 aromatic rings. The monoisotopic (exact) mass is 483 g/mol. The molecule has 1 aromatic heterocycles.